The van der Waals surface area contributed by atoms with Crippen LogP contribution in [-0.2, 0) is 10.0 Å². The van der Waals surface area contributed by atoms with Gasteiger partial charge in [-0.1, -0.05) is 24.3 Å². The summed E-state index contributed by atoms with van der Waals surface area (Å²) in [7, 11) is -2.13. The molecule has 0 saturated carbocycles. The minimum absolute atomic E-state index is 0.0178. The van der Waals surface area contributed by atoms with E-state index in [4.69, 9.17) is 0 Å². The molecule has 1 unspecified atom stereocenters. The van der Waals surface area contributed by atoms with Gasteiger partial charge in [-0.2, -0.15) is 4.31 Å². The monoisotopic (exact) mass is 404 g/mol. The third-order valence-corrected chi connectivity index (χ3v) is 7.59. The topological polar surface area (TPSA) is 60.9 Å². The van der Waals surface area contributed by atoms with Gasteiger partial charge in [0.1, 0.15) is 10.6 Å². The first-order chi connectivity index (χ1) is 12.9. The Labute approximate surface area is 165 Å². The van der Waals surface area contributed by atoms with E-state index in [1.54, 1.807) is 13.1 Å². The molecule has 5 nitrogen and oxygen atoms in total. The van der Waals surface area contributed by atoms with Crippen LogP contribution in [0, 0.1) is 0 Å². The number of allylic oxidation sites excluding steroid dienone is 1. The molecule has 0 aromatic heterocycles. The van der Waals surface area contributed by atoms with Crippen LogP contribution in [0.25, 0.3) is 0 Å². The fraction of sp³-hybridized carbons (Fsp3) is 0.300. The number of sulfonamides is 1. The highest BCUT2D eigenvalue weighted by Gasteiger charge is 2.37. The van der Waals surface area contributed by atoms with Crippen LogP contribution in [0.4, 0.5) is 11.4 Å². The predicted molar refractivity (Wildman–Crippen MR) is 112 cm³/mol. The highest BCUT2D eigenvalue weighted by molar-refractivity contribution is 7.98. The summed E-state index contributed by atoms with van der Waals surface area (Å²) in [5.74, 6) is -0.0178. The molecule has 1 N–H and O–H groups in total. The molecule has 0 saturated heterocycles. The standard InChI is InChI=1S/C20H24N2O3S2/c1-4-5-9-16-14-22(15-10-7-6-8-11-15)17-12-19(26-3)18(23)13-20(17)27(24,25)21(16)2/h4,6-8,10-13,16,23H,1,5,9,14H2,2-3H3. The van der Waals surface area contributed by atoms with Gasteiger partial charge in [-0.05, 0) is 37.3 Å². The number of likely N-dealkylation sites (N-methyl/N-ethyl adjacent to an activating group) is 1. The zero-order valence-electron chi connectivity index (χ0n) is 15.5. The van der Waals surface area contributed by atoms with E-state index in [2.05, 4.69) is 6.58 Å². The van der Waals surface area contributed by atoms with Crippen LogP contribution in [0.15, 0.2) is 64.9 Å². The van der Waals surface area contributed by atoms with E-state index >= 15 is 0 Å². The maximum Gasteiger partial charge on any atom is 0.245 e. The Kier molecular flexibility index (Phi) is 5.83. The number of hydrogen-bond acceptors (Lipinski definition) is 5. The van der Waals surface area contributed by atoms with Crippen LogP contribution < -0.4 is 4.90 Å². The van der Waals surface area contributed by atoms with Crippen LogP contribution in [0.2, 0.25) is 0 Å². The molecule has 1 aliphatic rings. The summed E-state index contributed by atoms with van der Waals surface area (Å²) in [6, 6.07) is 12.7. The molecule has 1 aliphatic heterocycles. The number of nitrogens with zero attached hydrogens (tertiary/aromatic N) is 2. The fourth-order valence-electron chi connectivity index (χ4n) is 3.33. The number of fused-ring (bicyclic) bond motifs is 1. The molecule has 0 radical (unpaired) electrons. The van der Waals surface area contributed by atoms with Gasteiger partial charge in [0.25, 0.3) is 0 Å². The number of anilines is 2. The lowest BCUT2D eigenvalue weighted by Gasteiger charge is -2.29. The summed E-state index contributed by atoms with van der Waals surface area (Å²) >= 11 is 1.39. The Morgan fingerprint density at radius 2 is 2.00 bits per heavy atom. The number of para-hydroxylation sites is 1. The largest absolute Gasteiger partial charge is 0.507 e. The number of aromatic hydroxyl groups is 1. The van der Waals surface area contributed by atoms with Crippen molar-refractivity contribution in [3.05, 3.63) is 55.1 Å². The predicted octanol–water partition coefficient (Wildman–Crippen LogP) is 4.22. The van der Waals surface area contributed by atoms with Crippen molar-refractivity contribution < 1.29 is 13.5 Å². The molecule has 27 heavy (non-hydrogen) atoms. The zero-order chi connectivity index (χ0) is 19.6. The molecular formula is C20H24N2O3S2. The number of phenols is 1. The number of phenolic OH excluding ortho intramolecular Hbond substituents is 1. The Bertz CT molecular complexity index is 930. The molecule has 144 valence electrons. The van der Waals surface area contributed by atoms with Gasteiger partial charge in [0, 0.05) is 31.4 Å². The SMILES string of the molecule is C=CCCC1CN(c2ccccc2)c2cc(SC)c(O)cc2S(=O)(=O)N1C. The van der Waals surface area contributed by atoms with Gasteiger partial charge < -0.3 is 10.0 Å². The van der Waals surface area contributed by atoms with Gasteiger partial charge in [0.2, 0.25) is 10.0 Å². The molecule has 2 aromatic carbocycles. The maximum absolute atomic E-state index is 13.3. The average molecular weight is 405 g/mol. The molecule has 0 spiro atoms. The van der Waals surface area contributed by atoms with Crippen molar-refractivity contribution in [2.75, 3.05) is 24.7 Å². The van der Waals surface area contributed by atoms with E-state index in [1.807, 2.05) is 47.6 Å². The van der Waals surface area contributed by atoms with Crippen molar-refractivity contribution in [1.29, 1.82) is 0 Å². The van der Waals surface area contributed by atoms with Gasteiger partial charge in [-0.15, -0.1) is 18.3 Å². The Balaban J connectivity index is 2.24. The molecule has 7 heteroatoms. The molecule has 1 atom stereocenters. The lowest BCUT2D eigenvalue weighted by atomic mass is 10.1. The normalized spacial score (nSPS) is 19.3. The van der Waals surface area contributed by atoms with E-state index < -0.39 is 10.0 Å². The summed E-state index contributed by atoms with van der Waals surface area (Å²) in [5.41, 5.74) is 1.52. The fourth-order valence-corrected chi connectivity index (χ4v) is 5.40. The van der Waals surface area contributed by atoms with Gasteiger partial charge in [0.05, 0.1) is 10.6 Å². The second kappa shape index (κ2) is 7.96. The van der Waals surface area contributed by atoms with E-state index in [1.165, 1.54) is 22.1 Å². The summed E-state index contributed by atoms with van der Waals surface area (Å²) < 4.78 is 28.0. The van der Waals surface area contributed by atoms with Crippen LogP contribution in [0.3, 0.4) is 0 Å². The van der Waals surface area contributed by atoms with Crippen molar-refractivity contribution in [2.45, 2.75) is 28.7 Å². The molecule has 2 aromatic rings. The average Bonchev–Trinajstić information content (AvgIpc) is 2.75. The Morgan fingerprint density at radius 1 is 1.30 bits per heavy atom. The molecule has 0 amide bonds. The third-order valence-electron chi connectivity index (χ3n) is 4.89. The van der Waals surface area contributed by atoms with Crippen LogP contribution in [0.5, 0.6) is 5.75 Å². The highest BCUT2D eigenvalue weighted by atomic mass is 32.2. The summed E-state index contributed by atoms with van der Waals surface area (Å²) in [5, 5.41) is 10.3. The smallest absolute Gasteiger partial charge is 0.245 e. The first-order valence-electron chi connectivity index (χ1n) is 8.72. The maximum atomic E-state index is 13.3. The van der Waals surface area contributed by atoms with Gasteiger partial charge >= 0.3 is 0 Å². The summed E-state index contributed by atoms with van der Waals surface area (Å²) in [4.78, 5) is 2.81. The van der Waals surface area contributed by atoms with Crippen LogP contribution >= 0.6 is 11.8 Å². The Hall–Kier alpha value is -1.96. The quantitative estimate of drug-likeness (QED) is 0.597. The van der Waals surface area contributed by atoms with Crippen LogP contribution in [0.1, 0.15) is 12.8 Å². The van der Waals surface area contributed by atoms with Gasteiger partial charge in [-0.3, -0.25) is 0 Å². The summed E-state index contributed by atoms with van der Waals surface area (Å²) in [6.07, 6.45) is 5.07. The molecule has 1 heterocycles. The van der Waals surface area contributed by atoms with Crippen LogP contribution in [-0.4, -0.2) is 43.7 Å². The number of hydrogen-bond donors (Lipinski definition) is 1. The summed E-state index contributed by atoms with van der Waals surface area (Å²) in [6.45, 7) is 4.29. The van der Waals surface area contributed by atoms with Crippen molar-refractivity contribution >= 4 is 33.2 Å². The first-order valence-corrected chi connectivity index (χ1v) is 11.4. The van der Waals surface area contributed by atoms with E-state index in [0.29, 0.717) is 23.5 Å². The molecule has 0 fully saturated rings. The minimum atomic E-state index is -3.74. The second-order valence-corrected chi connectivity index (χ2v) is 9.29. The van der Waals surface area contributed by atoms with Crippen molar-refractivity contribution in [3.63, 3.8) is 0 Å². The van der Waals surface area contributed by atoms with Gasteiger partial charge in [0.15, 0.2) is 0 Å². The number of benzene rings is 2. The highest BCUT2D eigenvalue weighted by Crippen LogP contribution is 2.42. The molecule has 0 bridgehead atoms. The van der Waals surface area contributed by atoms with E-state index in [0.717, 1.165) is 12.1 Å². The molecule has 0 aliphatic carbocycles. The van der Waals surface area contributed by atoms with Crippen molar-refractivity contribution in [2.24, 2.45) is 0 Å². The van der Waals surface area contributed by atoms with Crippen molar-refractivity contribution in [1.82, 2.24) is 4.31 Å². The molecule has 3 rings (SSSR count). The first kappa shape index (κ1) is 19.8. The van der Waals surface area contributed by atoms with E-state index in [9.17, 15) is 13.5 Å². The minimum Gasteiger partial charge on any atom is -0.507 e. The zero-order valence-corrected chi connectivity index (χ0v) is 17.1. The lowest BCUT2D eigenvalue weighted by molar-refractivity contribution is 0.360. The third kappa shape index (κ3) is 3.72. The number of thioether (sulfide) groups is 1. The Morgan fingerprint density at radius 3 is 2.63 bits per heavy atom. The second-order valence-electron chi connectivity index (χ2n) is 6.48. The molecular weight excluding hydrogens is 380 g/mol. The lowest BCUT2D eigenvalue weighted by Crippen LogP contribution is -2.40. The van der Waals surface area contributed by atoms with E-state index in [-0.39, 0.29) is 16.7 Å². The van der Waals surface area contributed by atoms with Gasteiger partial charge in [-0.25, -0.2) is 8.42 Å². The number of rotatable bonds is 5. The van der Waals surface area contributed by atoms with Crippen molar-refractivity contribution in [3.8, 4) is 5.75 Å².